The molecule has 5 nitrogen and oxygen atoms in total. The number of rotatable bonds is 4. The van der Waals surface area contributed by atoms with Crippen molar-refractivity contribution in [1.82, 2.24) is 4.90 Å². The highest BCUT2D eigenvalue weighted by molar-refractivity contribution is 5.75. The van der Waals surface area contributed by atoms with Crippen LogP contribution in [0.2, 0.25) is 0 Å². The second kappa shape index (κ2) is 8.02. The van der Waals surface area contributed by atoms with Crippen LogP contribution in [0.15, 0.2) is 54.6 Å². The maximum Gasteiger partial charge on any atom is 0.411 e. The normalized spacial score (nSPS) is 21.1. The molecule has 2 bridgehead atoms. The van der Waals surface area contributed by atoms with Gasteiger partial charge in [0.15, 0.2) is 0 Å². The maximum absolute atomic E-state index is 14.5. The Morgan fingerprint density at radius 1 is 1.21 bits per heavy atom. The number of ether oxygens (including phenoxy) is 3. The molecule has 1 saturated heterocycles. The van der Waals surface area contributed by atoms with E-state index in [0.717, 1.165) is 11.1 Å². The Labute approximate surface area is 163 Å². The molecule has 2 heterocycles. The SMILES string of the molecule is COc1ccc(C2=CC3COCC(C2)N3C(=O)OCc2ccccc2)c(F)c1. The van der Waals surface area contributed by atoms with Crippen LogP contribution in [-0.2, 0) is 16.1 Å². The molecule has 4 rings (SSSR count). The van der Waals surface area contributed by atoms with E-state index in [1.54, 1.807) is 17.0 Å². The zero-order valence-corrected chi connectivity index (χ0v) is 15.6. The van der Waals surface area contributed by atoms with Crippen LogP contribution in [0.4, 0.5) is 9.18 Å². The monoisotopic (exact) mass is 383 g/mol. The van der Waals surface area contributed by atoms with Crippen LogP contribution in [-0.4, -0.2) is 43.4 Å². The summed E-state index contributed by atoms with van der Waals surface area (Å²) in [4.78, 5) is 14.4. The molecular weight excluding hydrogens is 361 g/mol. The van der Waals surface area contributed by atoms with Gasteiger partial charge in [0.2, 0.25) is 0 Å². The molecule has 0 radical (unpaired) electrons. The van der Waals surface area contributed by atoms with Crippen molar-refractivity contribution in [2.75, 3.05) is 20.3 Å². The highest BCUT2D eigenvalue weighted by Gasteiger charge is 2.39. The zero-order valence-electron chi connectivity index (χ0n) is 15.6. The lowest BCUT2D eigenvalue weighted by atomic mass is 9.90. The largest absolute Gasteiger partial charge is 0.497 e. The van der Waals surface area contributed by atoms with Gasteiger partial charge in [0.1, 0.15) is 18.2 Å². The number of fused-ring (bicyclic) bond motifs is 2. The number of hydrogen-bond acceptors (Lipinski definition) is 4. The summed E-state index contributed by atoms with van der Waals surface area (Å²) >= 11 is 0. The fourth-order valence-electron chi connectivity index (χ4n) is 3.76. The summed E-state index contributed by atoms with van der Waals surface area (Å²) in [6.07, 6.45) is 2.05. The van der Waals surface area contributed by atoms with E-state index >= 15 is 0 Å². The summed E-state index contributed by atoms with van der Waals surface area (Å²) in [5.74, 6) is 0.150. The van der Waals surface area contributed by atoms with E-state index in [0.29, 0.717) is 30.9 Å². The van der Waals surface area contributed by atoms with Crippen LogP contribution in [0.25, 0.3) is 5.57 Å². The van der Waals surface area contributed by atoms with Crippen LogP contribution in [0, 0.1) is 5.82 Å². The molecule has 2 aromatic rings. The summed E-state index contributed by atoms with van der Waals surface area (Å²) in [6, 6.07) is 14.0. The number of halogens is 1. The molecule has 2 aliphatic rings. The van der Waals surface area contributed by atoms with Gasteiger partial charge < -0.3 is 14.2 Å². The van der Waals surface area contributed by atoms with Crippen molar-refractivity contribution in [2.24, 2.45) is 0 Å². The average Bonchev–Trinajstić information content (AvgIpc) is 2.71. The number of methoxy groups -OCH3 is 1. The summed E-state index contributed by atoms with van der Waals surface area (Å²) < 4.78 is 30.7. The molecule has 0 aliphatic carbocycles. The molecule has 0 N–H and O–H groups in total. The minimum absolute atomic E-state index is 0.177. The number of hydrogen-bond donors (Lipinski definition) is 0. The fourth-order valence-corrected chi connectivity index (χ4v) is 3.76. The van der Waals surface area contributed by atoms with E-state index in [1.807, 2.05) is 36.4 Å². The fraction of sp³-hybridized carbons (Fsp3) is 0.318. The molecular formula is C22H22FNO4. The second-order valence-electron chi connectivity index (χ2n) is 6.95. The smallest absolute Gasteiger partial charge is 0.411 e. The molecule has 0 aromatic heterocycles. The van der Waals surface area contributed by atoms with Gasteiger partial charge in [-0.05, 0) is 29.7 Å². The van der Waals surface area contributed by atoms with Gasteiger partial charge in [0.05, 0.1) is 32.4 Å². The lowest BCUT2D eigenvalue weighted by Gasteiger charge is -2.43. The topological polar surface area (TPSA) is 48.0 Å². The maximum atomic E-state index is 14.5. The molecule has 2 atom stereocenters. The molecule has 0 saturated carbocycles. The van der Waals surface area contributed by atoms with Crippen LogP contribution < -0.4 is 4.74 Å². The van der Waals surface area contributed by atoms with Crippen molar-refractivity contribution in [1.29, 1.82) is 0 Å². The summed E-state index contributed by atoms with van der Waals surface area (Å²) in [6.45, 7) is 1.00. The van der Waals surface area contributed by atoms with Gasteiger partial charge >= 0.3 is 6.09 Å². The van der Waals surface area contributed by atoms with Crippen molar-refractivity contribution >= 4 is 11.7 Å². The van der Waals surface area contributed by atoms with Gasteiger partial charge in [0, 0.05) is 11.6 Å². The molecule has 6 heteroatoms. The van der Waals surface area contributed by atoms with E-state index in [-0.39, 0.29) is 30.6 Å². The standard InChI is InChI=1S/C22H22FNO4/c1-26-19-7-8-20(21(23)11-19)16-9-17-13-27-14-18(10-16)24(17)22(25)28-12-15-5-3-2-4-6-15/h2-9,11,17-18H,10,12-14H2,1H3. The molecule has 2 unspecified atom stereocenters. The van der Waals surface area contributed by atoms with Gasteiger partial charge in [-0.2, -0.15) is 0 Å². The quantitative estimate of drug-likeness (QED) is 0.800. The summed E-state index contributed by atoms with van der Waals surface area (Å²) in [5, 5.41) is 0. The van der Waals surface area contributed by atoms with E-state index in [4.69, 9.17) is 14.2 Å². The first-order chi connectivity index (χ1) is 13.7. The number of benzene rings is 2. The van der Waals surface area contributed by atoms with Gasteiger partial charge in [0.25, 0.3) is 0 Å². The Kier molecular flexibility index (Phi) is 5.30. The van der Waals surface area contributed by atoms with Crippen LogP contribution >= 0.6 is 0 Å². The Hall–Kier alpha value is -2.86. The van der Waals surface area contributed by atoms with Crippen molar-refractivity contribution in [3.05, 3.63) is 71.6 Å². The molecule has 1 amide bonds. The zero-order chi connectivity index (χ0) is 19.5. The summed E-state index contributed by atoms with van der Waals surface area (Å²) in [5.41, 5.74) is 2.35. The van der Waals surface area contributed by atoms with Gasteiger partial charge in [-0.1, -0.05) is 36.4 Å². The Balaban J connectivity index is 1.52. The average molecular weight is 383 g/mol. The van der Waals surface area contributed by atoms with Crippen molar-refractivity contribution in [3.8, 4) is 5.75 Å². The lowest BCUT2D eigenvalue weighted by Crippen LogP contribution is -2.56. The number of carbonyl (C=O) groups excluding carboxylic acids is 1. The Bertz CT molecular complexity index is 883. The Morgan fingerprint density at radius 3 is 2.75 bits per heavy atom. The molecule has 0 spiro atoms. The lowest BCUT2D eigenvalue weighted by molar-refractivity contribution is -0.0342. The molecule has 2 aliphatic heterocycles. The molecule has 1 fully saturated rings. The van der Waals surface area contributed by atoms with Crippen LogP contribution in [0.5, 0.6) is 5.75 Å². The van der Waals surface area contributed by atoms with Gasteiger partial charge in [-0.3, -0.25) is 4.90 Å². The van der Waals surface area contributed by atoms with E-state index < -0.39 is 0 Å². The Morgan fingerprint density at radius 2 is 2.04 bits per heavy atom. The van der Waals surface area contributed by atoms with E-state index in [9.17, 15) is 9.18 Å². The predicted octanol–water partition coefficient (Wildman–Crippen LogP) is 4.03. The van der Waals surface area contributed by atoms with Crippen molar-refractivity contribution in [3.63, 3.8) is 0 Å². The minimum Gasteiger partial charge on any atom is -0.497 e. The third-order valence-electron chi connectivity index (χ3n) is 5.14. The third kappa shape index (κ3) is 3.73. The van der Waals surface area contributed by atoms with Crippen molar-refractivity contribution < 1.29 is 23.4 Å². The molecule has 28 heavy (non-hydrogen) atoms. The highest BCUT2D eigenvalue weighted by Crippen LogP contribution is 2.35. The first-order valence-electron chi connectivity index (χ1n) is 9.27. The second-order valence-corrected chi connectivity index (χ2v) is 6.95. The summed E-state index contributed by atoms with van der Waals surface area (Å²) in [7, 11) is 1.51. The first-order valence-corrected chi connectivity index (χ1v) is 9.27. The first kappa shape index (κ1) is 18.5. The predicted molar refractivity (Wildman–Crippen MR) is 102 cm³/mol. The molecule has 2 aromatic carbocycles. The van der Waals surface area contributed by atoms with Crippen molar-refractivity contribution in [2.45, 2.75) is 25.1 Å². The number of carbonyl (C=O) groups is 1. The number of nitrogens with zero attached hydrogens (tertiary/aromatic N) is 1. The van der Waals surface area contributed by atoms with Gasteiger partial charge in [-0.25, -0.2) is 9.18 Å². The number of amides is 1. The minimum atomic E-state index is -0.368. The highest BCUT2D eigenvalue weighted by atomic mass is 19.1. The van der Waals surface area contributed by atoms with E-state index in [1.165, 1.54) is 13.2 Å². The van der Waals surface area contributed by atoms with E-state index in [2.05, 4.69) is 0 Å². The number of morpholine rings is 1. The van der Waals surface area contributed by atoms with Gasteiger partial charge in [-0.15, -0.1) is 0 Å². The third-order valence-corrected chi connectivity index (χ3v) is 5.14. The molecule has 146 valence electrons. The van der Waals surface area contributed by atoms with Crippen LogP contribution in [0.3, 0.4) is 0 Å². The van der Waals surface area contributed by atoms with Crippen LogP contribution in [0.1, 0.15) is 17.5 Å².